The molecule has 0 saturated heterocycles. The van der Waals surface area contributed by atoms with Crippen molar-refractivity contribution in [1.82, 2.24) is 15.2 Å². The van der Waals surface area contributed by atoms with E-state index in [9.17, 15) is 0 Å². The Balaban J connectivity index is 2.78. The van der Waals surface area contributed by atoms with Gasteiger partial charge in [-0.3, -0.25) is 5.10 Å². The fourth-order valence-corrected chi connectivity index (χ4v) is 1.34. The van der Waals surface area contributed by atoms with Crippen molar-refractivity contribution < 1.29 is 4.74 Å². The SMILES string of the molecule is CCOC(c1n[nH]c(CC#N)n1)C(C)C. The van der Waals surface area contributed by atoms with Gasteiger partial charge < -0.3 is 4.74 Å². The highest BCUT2D eigenvalue weighted by molar-refractivity contribution is 4.99. The molecule has 1 aromatic rings. The number of H-pyrrole nitrogens is 1. The van der Waals surface area contributed by atoms with Crippen LogP contribution in [0.15, 0.2) is 0 Å². The molecule has 1 rings (SSSR count). The molecule has 5 nitrogen and oxygen atoms in total. The van der Waals surface area contributed by atoms with Gasteiger partial charge in [0.25, 0.3) is 0 Å². The van der Waals surface area contributed by atoms with Crippen LogP contribution in [0.5, 0.6) is 0 Å². The number of ether oxygens (including phenoxy) is 1. The number of hydrogen-bond acceptors (Lipinski definition) is 4. The Bertz CT molecular complexity index is 339. The van der Waals surface area contributed by atoms with Gasteiger partial charge in [-0.25, -0.2) is 4.98 Å². The summed E-state index contributed by atoms with van der Waals surface area (Å²) < 4.78 is 5.55. The Kier molecular flexibility index (Phi) is 4.25. The smallest absolute Gasteiger partial charge is 0.179 e. The molecule has 0 fully saturated rings. The van der Waals surface area contributed by atoms with Gasteiger partial charge in [-0.1, -0.05) is 13.8 Å². The average Bonchev–Trinajstić information content (AvgIpc) is 2.62. The van der Waals surface area contributed by atoms with Crippen molar-refractivity contribution in [3.8, 4) is 6.07 Å². The number of nitrogens with zero attached hydrogens (tertiary/aromatic N) is 3. The predicted octanol–water partition coefficient (Wildman–Crippen LogP) is 1.60. The van der Waals surface area contributed by atoms with E-state index in [2.05, 4.69) is 29.0 Å². The third kappa shape index (κ3) is 3.03. The molecule has 1 N–H and O–H groups in total. The largest absolute Gasteiger partial charge is 0.370 e. The van der Waals surface area contributed by atoms with Crippen molar-refractivity contribution in [2.45, 2.75) is 33.3 Å². The molecule has 0 saturated carbocycles. The van der Waals surface area contributed by atoms with Gasteiger partial charge >= 0.3 is 0 Å². The number of rotatable bonds is 5. The highest BCUT2D eigenvalue weighted by Crippen LogP contribution is 2.22. The van der Waals surface area contributed by atoms with E-state index in [1.807, 2.05) is 13.0 Å². The summed E-state index contributed by atoms with van der Waals surface area (Å²) >= 11 is 0. The Morgan fingerprint density at radius 1 is 1.53 bits per heavy atom. The summed E-state index contributed by atoms with van der Waals surface area (Å²) in [7, 11) is 0. The zero-order chi connectivity index (χ0) is 11.3. The van der Waals surface area contributed by atoms with E-state index in [0.717, 1.165) is 0 Å². The van der Waals surface area contributed by atoms with E-state index in [1.165, 1.54) is 0 Å². The first-order chi connectivity index (χ1) is 7.19. The molecule has 0 spiro atoms. The minimum absolute atomic E-state index is 0.0984. The van der Waals surface area contributed by atoms with E-state index in [1.54, 1.807) is 0 Å². The van der Waals surface area contributed by atoms with Gasteiger partial charge in [0.2, 0.25) is 0 Å². The van der Waals surface area contributed by atoms with Gasteiger partial charge in [0.15, 0.2) is 5.82 Å². The van der Waals surface area contributed by atoms with E-state index < -0.39 is 0 Å². The zero-order valence-corrected chi connectivity index (χ0v) is 9.32. The molecular formula is C10H16N4O. The highest BCUT2D eigenvalue weighted by Gasteiger charge is 2.20. The van der Waals surface area contributed by atoms with Crippen molar-refractivity contribution >= 4 is 0 Å². The molecule has 1 heterocycles. The lowest BCUT2D eigenvalue weighted by Gasteiger charge is -2.16. The van der Waals surface area contributed by atoms with Crippen LogP contribution >= 0.6 is 0 Å². The Hall–Kier alpha value is -1.41. The van der Waals surface area contributed by atoms with Crippen LogP contribution in [0.3, 0.4) is 0 Å². The second-order valence-electron chi connectivity index (χ2n) is 3.60. The molecule has 1 unspecified atom stereocenters. The molecule has 0 aliphatic carbocycles. The minimum Gasteiger partial charge on any atom is -0.370 e. The van der Waals surface area contributed by atoms with Gasteiger partial charge in [0.05, 0.1) is 12.5 Å². The molecule has 0 aromatic carbocycles. The van der Waals surface area contributed by atoms with Gasteiger partial charge in [0, 0.05) is 6.61 Å². The van der Waals surface area contributed by atoms with E-state index >= 15 is 0 Å². The topological polar surface area (TPSA) is 74.6 Å². The summed E-state index contributed by atoms with van der Waals surface area (Å²) in [6, 6.07) is 2.02. The van der Waals surface area contributed by atoms with E-state index in [0.29, 0.717) is 24.2 Å². The Morgan fingerprint density at radius 2 is 2.27 bits per heavy atom. The maximum atomic E-state index is 8.51. The van der Waals surface area contributed by atoms with Gasteiger partial charge in [0.1, 0.15) is 11.9 Å². The lowest BCUT2D eigenvalue weighted by Crippen LogP contribution is -2.12. The lowest BCUT2D eigenvalue weighted by molar-refractivity contribution is 0.0234. The molecular weight excluding hydrogens is 192 g/mol. The molecule has 1 atom stereocenters. The summed E-state index contributed by atoms with van der Waals surface area (Å²) in [5.74, 6) is 1.55. The van der Waals surface area contributed by atoms with Crippen molar-refractivity contribution in [2.75, 3.05) is 6.61 Å². The predicted molar refractivity (Wildman–Crippen MR) is 54.9 cm³/mol. The third-order valence-electron chi connectivity index (χ3n) is 2.00. The second-order valence-corrected chi connectivity index (χ2v) is 3.60. The number of nitriles is 1. The molecule has 0 aliphatic rings. The summed E-state index contributed by atoms with van der Waals surface area (Å²) in [6.07, 6.45) is 0.155. The van der Waals surface area contributed by atoms with Crippen molar-refractivity contribution in [3.05, 3.63) is 11.6 Å². The minimum atomic E-state index is -0.0984. The number of aromatic nitrogens is 3. The van der Waals surface area contributed by atoms with Crippen molar-refractivity contribution in [1.29, 1.82) is 5.26 Å². The molecule has 0 bridgehead atoms. The second kappa shape index (κ2) is 5.47. The quantitative estimate of drug-likeness (QED) is 0.797. The first-order valence-corrected chi connectivity index (χ1v) is 5.08. The van der Waals surface area contributed by atoms with Crippen LogP contribution in [0.25, 0.3) is 0 Å². The zero-order valence-electron chi connectivity index (χ0n) is 9.32. The molecule has 82 valence electrons. The van der Waals surface area contributed by atoms with Crippen LogP contribution in [0.4, 0.5) is 0 Å². The van der Waals surface area contributed by atoms with Crippen LogP contribution in [0.2, 0.25) is 0 Å². The van der Waals surface area contributed by atoms with Gasteiger partial charge in [-0.2, -0.15) is 10.4 Å². The molecule has 15 heavy (non-hydrogen) atoms. The number of nitrogens with one attached hydrogen (secondary N) is 1. The maximum Gasteiger partial charge on any atom is 0.179 e. The highest BCUT2D eigenvalue weighted by atomic mass is 16.5. The average molecular weight is 208 g/mol. The Labute approximate surface area is 89.5 Å². The van der Waals surface area contributed by atoms with Crippen LogP contribution < -0.4 is 0 Å². The van der Waals surface area contributed by atoms with Crippen LogP contribution in [0, 0.1) is 17.2 Å². The molecule has 0 aliphatic heterocycles. The summed E-state index contributed by atoms with van der Waals surface area (Å²) in [6.45, 7) is 6.69. The molecule has 0 radical (unpaired) electrons. The fraction of sp³-hybridized carbons (Fsp3) is 0.700. The Morgan fingerprint density at radius 3 is 2.80 bits per heavy atom. The first kappa shape index (κ1) is 11.7. The van der Waals surface area contributed by atoms with Crippen LogP contribution in [-0.2, 0) is 11.2 Å². The van der Waals surface area contributed by atoms with Crippen molar-refractivity contribution in [3.63, 3.8) is 0 Å². The van der Waals surface area contributed by atoms with Gasteiger partial charge in [-0.15, -0.1) is 0 Å². The summed E-state index contributed by atoms with van der Waals surface area (Å²) in [5, 5.41) is 15.3. The summed E-state index contributed by atoms with van der Waals surface area (Å²) in [5.41, 5.74) is 0. The third-order valence-corrected chi connectivity index (χ3v) is 2.00. The summed E-state index contributed by atoms with van der Waals surface area (Å²) in [4.78, 5) is 4.23. The monoisotopic (exact) mass is 208 g/mol. The standard InChI is InChI=1S/C10H16N4O/c1-4-15-9(7(2)3)10-12-8(5-6-11)13-14-10/h7,9H,4-5H2,1-3H3,(H,12,13,14). The van der Waals surface area contributed by atoms with Crippen LogP contribution in [-0.4, -0.2) is 21.8 Å². The van der Waals surface area contributed by atoms with E-state index in [-0.39, 0.29) is 12.5 Å². The molecule has 0 amide bonds. The maximum absolute atomic E-state index is 8.51. The fourth-order valence-electron chi connectivity index (χ4n) is 1.34. The number of aromatic amines is 1. The normalized spacial score (nSPS) is 12.7. The van der Waals surface area contributed by atoms with Crippen LogP contribution in [0.1, 0.15) is 38.5 Å². The van der Waals surface area contributed by atoms with Gasteiger partial charge in [-0.05, 0) is 12.8 Å². The molecule has 1 aromatic heterocycles. The lowest BCUT2D eigenvalue weighted by atomic mass is 10.1. The first-order valence-electron chi connectivity index (χ1n) is 5.08. The van der Waals surface area contributed by atoms with E-state index in [4.69, 9.17) is 10.00 Å². The van der Waals surface area contributed by atoms with Crippen molar-refractivity contribution in [2.24, 2.45) is 5.92 Å². The molecule has 5 heteroatoms. The number of hydrogen-bond donors (Lipinski definition) is 1.